The van der Waals surface area contributed by atoms with E-state index >= 15 is 0 Å². The van der Waals surface area contributed by atoms with E-state index < -0.39 is 0 Å². The molecule has 0 saturated carbocycles. The number of benzene rings is 1. The van der Waals surface area contributed by atoms with Crippen LogP contribution in [0.15, 0.2) is 30.5 Å². The molecule has 0 aliphatic heterocycles. The van der Waals surface area contributed by atoms with Crippen LogP contribution in [0, 0.1) is 6.92 Å². The molecule has 3 N–H and O–H groups in total. The summed E-state index contributed by atoms with van der Waals surface area (Å²) in [7, 11) is 0. The van der Waals surface area contributed by atoms with Gasteiger partial charge in [0.1, 0.15) is 0 Å². The second-order valence-electron chi connectivity index (χ2n) is 4.74. The summed E-state index contributed by atoms with van der Waals surface area (Å²) < 4.78 is 0. The van der Waals surface area contributed by atoms with Gasteiger partial charge in [0.25, 0.3) is 5.91 Å². The van der Waals surface area contributed by atoms with Crippen LogP contribution in [0.2, 0.25) is 0 Å². The first kappa shape index (κ1) is 14.3. The third-order valence-electron chi connectivity index (χ3n) is 3.04. The fourth-order valence-electron chi connectivity index (χ4n) is 1.89. The molecule has 5 heteroatoms. The molecule has 0 aliphatic carbocycles. The minimum atomic E-state index is -0.145. The highest BCUT2D eigenvalue weighted by atomic mass is 16.1. The van der Waals surface area contributed by atoms with E-state index in [2.05, 4.69) is 27.8 Å². The summed E-state index contributed by atoms with van der Waals surface area (Å²) in [4.78, 5) is 12.0. The molecular weight excluding hydrogens is 252 g/mol. The van der Waals surface area contributed by atoms with Crippen molar-refractivity contribution in [3.05, 3.63) is 47.3 Å². The summed E-state index contributed by atoms with van der Waals surface area (Å²) in [6.45, 7) is 5.83. The standard InChI is InChI=1S/C15H20N4O/c1-3-8-16-9-12-4-6-13(7-5-12)18-15(20)14-10-17-19-11(14)2/h4-7,10,16H,3,8-9H2,1-2H3,(H,17,19)(H,18,20). The highest BCUT2D eigenvalue weighted by molar-refractivity contribution is 6.04. The van der Waals surface area contributed by atoms with Gasteiger partial charge in [-0.3, -0.25) is 9.89 Å². The second-order valence-corrected chi connectivity index (χ2v) is 4.74. The first-order valence-electron chi connectivity index (χ1n) is 6.81. The van der Waals surface area contributed by atoms with Gasteiger partial charge in [-0.25, -0.2) is 0 Å². The average Bonchev–Trinajstić information content (AvgIpc) is 2.87. The van der Waals surface area contributed by atoms with Crippen LogP contribution in [-0.2, 0) is 6.54 Å². The van der Waals surface area contributed by atoms with Gasteiger partial charge in [-0.2, -0.15) is 5.10 Å². The zero-order chi connectivity index (χ0) is 14.4. The van der Waals surface area contributed by atoms with Crippen LogP contribution in [-0.4, -0.2) is 22.6 Å². The fraction of sp³-hybridized carbons (Fsp3) is 0.333. The summed E-state index contributed by atoms with van der Waals surface area (Å²) in [5, 5.41) is 12.8. The Morgan fingerprint density at radius 1 is 1.30 bits per heavy atom. The van der Waals surface area contributed by atoms with Crippen LogP contribution in [0.1, 0.15) is 35.0 Å². The molecule has 0 fully saturated rings. The lowest BCUT2D eigenvalue weighted by atomic mass is 10.2. The number of carbonyl (C=O) groups excluding carboxylic acids is 1. The van der Waals surface area contributed by atoms with Crippen LogP contribution in [0.3, 0.4) is 0 Å². The summed E-state index contributed by atoms with van der Waals surface area (Å²) in [5.74, 6) is -0.145. The van der Waals surface area contributed by atoms with Crippen molar-refractivity contribution in [3.63, 3.8) is 0 Å². The largest absolute Gasteiger partial charge is 0.322 e. The molecule has 106 valence electrons. The van der Waals surface area contributed by atoms with E-state index in [1.807, 2.05) is 31.2 Å². The minimum absolute atomic E-state index is 0.145. The topological polar surface area (TPSA) is 69.8 Å². The monoisotopic (exact) mass is 272 g/mol. The van der Waals surface area contributed by atoms with Gasteiger partial charge in [0.2, 0.25) is 0 Å². The van der Waals surface area contributed by atoms with E-state index in [-0.39, 0.29) is 5.91 Å². The van der Waals surface area contributed by atoms with Crippen molar-refractivity contribution >= 4 is 11.6 Å². The van der Waals surface area contributed by atoms with Crippen LogP contribution in [0.4, 0.5) is 5.69 Å². The Morgan fingerprint density at radius 2 is 2.05 bits per heavy atom. The highest BCUT2D eigenvalue weighted by Gasteiger charge is 2.10. The molecule has 1 heterocycles. The van der Waals surface area contributed by atoms with Gasteiger partial charge in [-0.1, -0.05) is 19.1 Å². The third kappa shape index (κ3) is 3.68. The highest BCUT2D eigenvalue weighted by Crippen LogP contribution is 2.12. The summed E-state index contributed by atoms with van der Waals surface area (Å²) >= 11 is 0. The lowest BCUT2D eigenvalue weighted by molar-refractivity contribution is 0.102. The number of aryl methyl sites for hydroxylation is 1. The van der Waals surface area contributed by atoms with Gasteiger partial charge in [-0.15, -0.1) is 0 Å². The number of amides is 1. The molecule has 0 aliphatic rings. The van der Waals surface area contributed by atoms with Crippen molar-refractivity contribution in [3.8, 4) is 0 Å². The first-order chi connectivity index (χ1) is 9.70. The van der Waals surface area contributed by atoms with Gasteiger partial charge in [0.05, 0.1) is 11.8 Å². The van der Waals surface area contributed by atoms with Gasteiger partial charge < -0.3 is 10.6 Å². The van der Waals surface area contributed by atoms with Crippen molar-refractivity contribution in [2.75, 3.05) is 11.9 Å². The molecule has 0 radical (unpaired) electrons. The van der Waals surface area contributed by atoms with Gasteiger partial charge in [-0.05, 0) is 37.6 Å². The Morgan fingerprint density at radius 3 is 2.65 bits per heavy atom. The van der Waals surface area contributed by atoms with Crippen molar-refractivity contribution < 1.29 is 4.79 Å². The molecule has 1 aromatic carbocycles. The maximum atomic E-state index is 12.0. The maximum Gasteiger partial charge on any atom is 0.259 e. The number of nitrogens with zero attached hydrogens (tertiary/aromatic N) is 1. The average molecular weight is 272 g/mol. The number of nitrogens with one attached hydrogen (secondary N) is 3. The van der Waals surface area contributed by atoms with Gasteiger partial charge in [0.15, 0.2) is 0 Å². The molecule has 5 nitrogen and oxygen atoms in total. The molecule has 0 saturated heterocycles. The van der Waals surface area contributed by atoms with Gasteiger partial charge >= 0.3 is 0 Å². The first-order valence-corrected chi connectivity index (χ1v) is 6.81. The molecule has 0 spiro atoms. The summed E-state index contributed by atoms with van der Waals surface area (Å²) in [6, 6.07) is 7.85. The van der Waals surface area contributed by atoms with E-state index in [1.54, 1.807) is 0 Å². The Kier molecular flexibility index (Phi) is 4.90. The number of hydrogen-bond donors (Lipinski definition) is 3. The molecule has 1 amide bonds. The van der Waals surface area contributed by atoms with E-state index in [0.29, 0.717) is 5.56 Å². The summed E-state index contributed by atoms with van der Waals surface area (Å²) in [5.41, 5.74) is 3.33. The van der Waals surface area contributed by atoms with Crippen LogP contribution >= 0.6 is 0 Å². The SMILES string of the molecule is CCCNCc1ccc(NC(=O)c2cn[nH]c2C)cc1. The zero-order valence-electron chi connectivity index (χ0n) is 11.9. The van der Waals surface area contributed by atoms with E-state index in [1.165, 1.54) is 11.8 Å². The van der Waals surface area contributed by atoms with Crippen molar-refractivity contribution in [1.29, 1.82) is 0 Å². The Hall–Kier alpha value is -2.14. The predicted octanol–water partition coefficient (Wildman–Crippen LogP) is 2.47. The maximum absolute atomic E-state index is 12.0. The number of hydrogen-bond acceptors (Lipinski definition) is 3. The smallest absolute Gasteiger partial charge is 0.259 e. The molecule has 0 bridgehead atoms. The normalized spacial score (nSPS) is 10.5. The number of rotatable bonds is 6. The molecule has 2 rings (SSSR count). The Bertz CT molecular complexity index is 560. The van der Waals surface area contributed by atoms with Crippen LogP contribution < -0.4 is 10.6 Å². The zero-order valence-corrected chi connectivity index (χ0v) is 11.9. The minimum Gasteiger partial charge on any atom is -0.322 e. The second kappa shape index (κ2) is 6.86. The lowest BCUT2D eigenvalue weighted by Gasteiger charge is -2.07. The van der Waals surface area contributed by atoms with E-state index in [4.69, 9.17) is 0 Å². The number of carbonyl (C=O) groups is 1. The molecule has 20 heavy (non-hydrogen) atoms. The van der Waals surface area contributed by atoms with Crippen LogP contribution in [0.5, 0.6) is 0 Å². The van der Waals surface area contributed by atoms with Crippen molar-refractivity contribution in [2.24, 2.45) is 0 Å². The predicted molar refractivity (Wildman–Crippen MR) is 79.7 cm³/mol. The van der Waals surface area contributed by atoms with Crippen molar-refractivity contribution in [2.45, 2.75) is 26.8 Å². The quantitative estimate of drug-likeness (QED) is 0.707. The molecule has 0 atom stereocenters. The Labute approximate surface area is 118 Å². The molecule has 2 aromatic rings. The van der Waals surface area contributed by atoms with E-state index in [9.17, 15) is 4.79 Å². The number of H-pyrrole nitrogens is 1. The number of anilines is 1. The van der Waals surface area contributed by atoms with E-state index in [0.717, 1.165) is 30.9 Å². The number of aromatic nitrogens is 2. The lowest BCUT2D eigenvalue weighted by Crippen LogP contribution is -2.14. The Balaban J connectivity index is 1.93. The van der Waals surface area contributed by atoms with Gasteiger partial charge in [0, 0.05) is 17.9 Å². The number of aromatic amines is 1. The third-order valence-corrected chi connectivity index (χ3v) is 3.04. The summed E-state index contributed by atoms with van der Waals surface area (Å²) in [6.07, 6.45) is 2.66. The van der Waals surface area contributed by atoms with Crippen molar-refractivity contribution in [1.82, 2.24) is 15.5 Å². The molecular formula is C15H20N4O. The van der Waals surface area contributed by atoms with Crippen LogP contribution in [0.25, 0.3) is 0 Å². The molecule has 1 aromatic heterocycles. The fourth-order valence-corrected chi connectivity index (χ4v) is 1.89. The molecule has 0 unspecified atom stereocenters.